The van der Waals surface area contributed by atoms with E-state index in [1.54, 1.807) is 13.2 Å². The molecule has 1 saturated carbocycles. The second kappa shape index (κ2) is 9.16. The van der Waals surface area contributed by atoms with Crippen molar-refractivity contribution in [3.63, 3.8) is 0 Å². The van der Waals surface area contributed by atoms with Crippen LogP contribution in [0, 0.1) is 26.7 Å². The lowest BCUT2D eigenvalue weighted by Gasteiger charge is -2.18. The quantitative estimate of drug-likeness (QED) is 0.663. The van der Waals surface area contributed by atoms with Crippen LogP contribution in [0.5, 0.6) is 5.75 Å². The van der Waals surface area contributed by atoms with Gasteiger partial charge in [-0.05, 0) is 62.8 Å². The lowest BCUT2D eigenvalue weighted by molar-refractivity contribution is 0.0950. The molecule has 1 amide bonds. The minimum atomic E-state index is -0.218. The van der Waals surface area contributed by atoms with E-state index in [0.29, 0.717) is 22.8 Å². The van der Waals surface area contributed by atoms with Crippen LogP contribution in [0.1, 0.15) is 58.4 Å². The van der Waals surface area contributed by atoms with Crippen molar-refractivity contribution in [3.8, 4) is 5.75 Å². The number of aromatic nitrogens is 1. The highest BCUT2D eigenvalue weighted by Gasteiger charge is 2.18. The van der Waals surface area contributed by atoms with E-state index >= 15 is 0 Å². The van der Waals surface area contributed by atoms with Gasteiger partial charge in [-0.2, -0.15) is 0 Å². The Balaban J connectivity index is 1.77. The molecule has 0 unspecified atom stereocenters. The summed E-state index contributed by atoms with van der Waals surface area (Å²) in [5.41, 5.74) is 4.45. The fourth-order valence-corrected chi connectivity index (χ4v) is 4.06. The maximum absolute atomic E-state index is 12.9. The van der Waals surface area contributed by atoms with Crippen LogP contribution in [0.2, 0.25) is 0 Å². The number of amides is 1. The number of rotatable bonds is 7. The van der Waals surface area contributed by atoms with Gasteiger partial charge in [-0.3, -0.25) is 9.59 Å². The minimum absolute atomic E-state index is 0.163. The molecule has 1 aromatic heterocycles. The predicted molar refractivity (Wildman–Crippen MR) is 116 cm³/mol. The van der Waals surface area contributed by atoms with Crippen LogP contribution >= 0.6 is 0 Å². The molecule has 3 rings (SSSR count). The van der Waals surface area contributed by atoms with Gasteiger partial charge in [0.15, 0.2) is 0 Å². The normalized spacial score (nSPS) is 14.1. The standard InChI is InChI=1S/C23H31N3O3/c1-14-9-15(2)26-23(28)20(14)13-25-22(27)19-10-18(29-4)11-21(16(19)3)24-12-17-7-5-6-8-17/h9-11,17,24H,5-8,12-13H2,1-4H3,(H,25,27)(H,26,28). The third-order valence-corrected chi connectivity index (χ3v) is 5.84. The number of carbonyl (C=O) groups excluding carboxylic acids is 1. The molecule has 0 atom stereocenters. The molecule has 0 radical (unpaired) electrons. The van der Waals surface area contributed by atoms with Gasteiger partial charge in [0.25, 0.3) is 11.5 Å². The molecule has 0 spiro atoms. The van der Waals surface area contributed by atoms with Gasteiger partial charge in [-0.25, -0.2) is 0 Å². The summed E-state index contributed by atoms with van der Waals surface area (Å²) in [6.07, 6.45) is 5.12. The van der Waals surface area contributed by atoms with Crippen molar-refractivity contribution in [1.29, 1.82) is 0 Å². The van der Waals surface area contributed by atoms with E-state index in [2.05, 4.69) is 15.6 Å². The molecule has 0 saturated heterocycles. The van der Waals surface area contributed by atoms with Crippen molar-refractivity contribution < 1.29 is 9.53 Å². The van der Waals surface area contributed by atoms with Crippen molar-refractivity contribution >= 4 is 11.6 Å². The molecule has 1 fully saturated rings. The highest BCUT2D eigenvalue weighted by molar-refractivity contribution is 5.97. The summed E-state index contributed by atoms with van der Waals surface area (Å²) in [6.45, 7) is 6.76. The Morgan fingerprint density at radius 2 is 1.90 bits per heavy atom. The molecule has 6 heteroatoms. The number of nitrogens with one attached hydrogen (secondary N) is 3. The SMILES string of the molecule is COc1cc(NCC2CCCC2)c(C)c(C(=O)NCc2c(C)cc(C)[nH]c2=O)c1. The molecule has 0 aliphatic heterocycles. The van der Waals surface area contributed by atoms with E-state index in [0.717, 1.165) is 29.1 Å². The van der Waals surface area contributed by atoms with Gasteiger partial charge in [0.2, 0.25) is 0 Å². The number of methoxy groups -OCH3 is 1. The zero-order valence-corrected chi connectivity index (χ0v) is 17.8. The van der Waals surface area contributed by atoms with Crippen LogP contribution in [0.15, 0.2) is 23.0 Å². The first-order chi connectivity index (χ1) is 13.9. The Morgan fingerprint density at radius 3 is 2.55 bits per heavy atom. The number of carbonyl (C=O) groups is 1. The topological polar surface area (TPSA) is 83.2 Å². The summed E-state index contributed by atoms with van der Waals surface area (Å²) in [5.74, 6) is 1.11. The van der Waals surface area contributed by atoms with Gasteiger partial charge < -0.3 is 20.4 Å². The largest absolute Gasteiger partial charge is 0.497 e. The van der Waals surface area contributed by atoms with Crippen LogP contribution in [0.4, 0.5) is 5.69 Å². The Hall–Kier alpha value is -2.76. The van der Waals surface area contributed by atoms with Crippen LogP contribution < -0.4 is 20.9 Å². The Bertz CT molecular complexity index is 943. The van der Waals surface area contributed by atoms with E-state index < -0.39 is 0 Å². The summed E-state index contributed by atoms with van der Waals surface area (Å²) < 4.78 is 5.41. The molecule has 0 bridgehead atoms. The van der Waals surface area contributed by atoms with E-state index in [9.17, 15) is 9.59 Å². The molecular weight excluding hydrogens is 366 g/mol. The highest BCUT2D eigenvalue weighted by Crippen LogP contribution is 2.29. The summed E-state index contributed by atoms with van der Waals surface area (Å²) in [5, 5.41) is 6.40. The number of benzene rings is 1. The fraction of sp³-hybridized carbons (Fsp3) is 0.478. The Morgan fingerprint density at radius 1 is 1.17 bits per heavy atom. The van der Waals surface area contributed by atoms with E-state index in [4.69, 9.17) is 4.74 Å². The van der Waals surface area contributed by atoms with Crippen molar-refractivity contribution in [3.05, 3.63) is 56.5 Å². The lowest BCUT2D eigenvalue weighted by atomic mass is 10.0. The van der Waals surface area contributed by atoms with Crippen molar-refractivity contribution in [2.75, 3.05) is 19.0 Å². The number of pyridine rings is 1. The van der Waals surface area contributed by atoms with E-state index in [1.807, 2.05) is 32.9 Å². The average molecular weight is 398 g/mol. The summed E-state index contributed by atoms with van der Waals surface area (Å²) in [4.78, 5) is 27.9. The first kappa shape index (κ1) is 21.0. The number of ether oxygens (including phenoxy) is 1. The van der Waals surface area contributed by atoms with Crippen LogP contribution in [0.3, 0.4) is 0 Å². The first-order valence-electron chi connectivity index (χ1n) is 10.3. The lowest BCUT2D eigenvalue weighted by Crippen LogP contribution is -2.28. The zero-order valence-electron chi connectivity index (χ0n) is 17.8. The van der Waals surface area contributed by atoms with Crippen LogP contribution in [-0.4, -0.2) is 24.5 Å². The smallest absolute Gasteiger partial charge is 0.253 e. The van der Waals surface area contributed by atoms with Crippen molar-refractivity contribution in [2.45, 2.75) is 53.0 Å². The monoisotopic (exact) mass is 397 g/mol. The molecule has 1 aromatic carbocycles. The first-order valence-corrected chi connectivity index (χ1v) is 10.3. The zero-order chi connectivity index (χ0) is 21.0. The highest BCUT2D eigenvalue weighted by atomic mass is 16.5. The number of aromatic amines is 1. The average Bonchev–Trinajstić information content (AvgIpc) is 3.19. The fourth-order valence-electron chi connectivity index (χ4n) is 4.06. The maximum atomic E-state index is 12.9. The summed E-state index contributed by atoms with van der Waals surface area (Å²) in [6, 6.07) is 5.60. The number of hydrogen-bond acceptors (Lipinski definition) is 4. The number of hydrogen-bond donors (Lipinski definition) is 3. The third-order valence-electron chi connectivity index (χ3n) is 5.84. The molecule has 3 N–H and O–H groups in total. The second-order valence-electron chi connectivity index (χ2n) is 8.00. The van der Waals surface area contributed by atoms with Gasteiger partial charge >= 0.3 is 0 Å². The molecule has 1 heterocycles. The van der Waals surface area contributed by atoms with Crippen LogP contribution in [-0.2, 0) is 6.54 Å². The number of aryl methyl sites for hydroxylation is 2. The van der Waals surface area contributed by atoms with E-state index in [1.165, 1.54) is 25.7 Å². The predicted octanol–water partition coefficient (Wildman–Crippen LogP) is 3.84. The number of H-pyrrole nitrogens is 1. The molecule has 6 nitrogen and oxygen atoms in total. The molecule has 29 heavy (non-hydrogen) atoms. The third kappa shape index (κ3) is 5.00. The van der Waals surface area contributed by atoms with E-state index in [-0.39, 0.29) is 18.0 Å². The van der Waals surface area contributed by atoms with Gasteiger partial charge in [-0.1, -0.05) is 12.8 Å². The molecule has 1 aliphatic rings. The second-order valence-corrected chi connectivity index (χ2v) is 8.00. The van der Waals surface area contributed by atoms with Crippen molar-refractivity contribution in [1.82, 2.24) is 10.3 Å². The van der Waals surface area contributed by atoms with Gasteiger partial charge in [0.05, 0.1) is 7.11 Å². The van der Waals surface area contributed by atoms with Gasteiger partial charge in [-0.15, -0.1) is 0 Å². The van der Waals surface area contributed by atoms with Gasteiger partial charge in [0.1, 0.15) is 5.75 Å². The summed E-state index contributed by atoms with van der Waals surface area (Å²) in [7, 11) is 1.60. The molecule has 2 aromatic rings. The summed E-state index contributed by atoms with van der Waals surface area (Å²) >= 11 is 0. The number of anilines is 1. The van der Waals surface area contributed by atoms with Crippen molar-refractivity contribution in [2.24, 2.45) is 5.92 Å². The van der Waals surface area contributed by atoms with Gasteiger partial charge in [0, 0.05) is 41.7 Å². The molecular formula is C23H31N3O3. The Labute approximate surface area is 172 Å². The molecule has 156 valence electrons. The maximum Gasteiger partial charge on any atom is 0.253 e. The minimum Gasteiger partial charge on any atom is -0.497 e. The Kier molecular flexibility index (Phi) is 6.62. The van der Waals surface area contributed by atoms with Crippen LogP contribution in [0.25, 0.3) is 0 Å². The molecule has 1 aliphatic carbocycles.